The quantitative estimate of drug-likeness (QED) is 0.505. The lowest BCUT2D eigenvalue weighted by Crippen LogP contribution is -2.59. The van der Waals surface area contributed by atoms with Crippen molar-refractivity contribution in [3.63, 3.8) is 0 Å². The Morgan fingerprint density at radius 1 is 0.923 bits per heavy atom. The largest absolute Gasteiger partial charge is 0.315 e. The average molecular weight is 367 g/mol. The molecule has 0 bridgehead atoms. The molecule has 26 heavy (non-hydrogen) atoms. The maximum Gasteiger partial charge on any atom is 0.0250 e. The topological polar surface area (TPSA) is 48.1 Å². The van der Waals surface area contributed by atoms with Crippen molar-refractivity contribution in [1.82, 2.24) is 21.3 Å². The van der Waals surface area contributed by atoms with Crippen molar-refractivity contribution in [2.24, 2.45) is 5.92 Å². The maximum absolute atomic E-state index is 4.05. The van der Waals surface area contributed by atoms with Crippen LogP contribution < -0.4 is 21.3 Å². The monoisotopic (exact) mass is 366 g/mol. The molecular formula is C22H46N4. The molecule has 5 atom stereocenters. The Kier molecular flexibility index (Phi) is 8.85. The molecule has 4 nitrogen and oxygen atoms in total. The van der Waals surface area contributed by atoms with Crippen LogP contribution in [-0.4, -0.2) is 49.3 Å². The Bertz CT molecular complexity index is 396. The number of hydrogen-bond donors (Lipinski definition) is 4. The molecule has 0 spiro atoms. The first-order valence-electron chi connectivity index (χ1n) is 11.3. The molecule has 0 aromatic rings. The molecule has 2 aliphatic carbocycles. The van der Waals surface area contributed by atoms with Crippen LogP contribution in [0.25, 0.3) is 0 Å². The van der Waals surface area contributed by atoms with Gasteiger partial charge in [-0.2, -0.15) is 0 Å². The zero-order valence-electron chi connectivity index (χ0n) is 18.3. The van der Waals surface area contributed by atoms with Gasteiger partial charge in [-0.05, 0) is 65.5 Å². The van der Waals surface area contributed by atoms with Crippen LogP contribution in [0.1, 0.15) is 86.0 Å². The Morgan fingerprint density at radius 2 is 1.58 bits per heavy atom. The van der Waals surface area contributed by atoms with Gasteiger partial charge in [-0.25, -0.2) is 0 Å². The summed E-state index contributed by atoms with van der Waals surface area (Å²) in [5.74, 6) is 0.749. The molecule has 0 amide bonds. The minimum absolute atomic E-state index is 0.190. The van der Waals surface area contributed by atoms with E-state index in [-0.39, 0.29) is 5.54 Å². The highest BCUT2D eigenvalue weighted by molar-refractivity contribution is 4.98. The fraction of sp³-hybridized carbons (Fsp3) is 1.00. The molecule has 0 radical (unpaired) electrons. The molecule has 4 heteroatoms. The van der Waals surface area contributed by atoms with Gasteiger partial charge in [0.25, 0.3) is 0 Å². The molecule has 2 aliphatic rings. The zero-order chi connectivity index (χ0) is 19.2. The Labute approximate surface area is 163 Å². The highest BCUT2D eigenvalue weighted by Gasteiger charge is 2.37. The van der Waals surface area contributed by atoms with Gasteiger partial charge in [0.15, 0.2) is 0 Å². The molecule has 2 fully saturated rings. The first kappa shape index (κ1) is 22.1. The Balaban J connectivity index is 2.00. The molecule has 2 saturated carbocycles. The van der Waals surface area contributed by atoms with E-state index < -0.39 is 0 Å². The fourth-order valence-corrected chi connectivity index (χ4v) is 5.54. The second kappa shape index (κ2) is 10.4. The van der Waals surface area contributed by atoms with Gasteiger partial charge >= 0.3 is 0 Å². The van der Waals surface area contributed by atoms with E-state index in [9.17, 15) is 0 Å². The van der Waals surface area contributed by atoms with Crippen molar-refractivity contribution in [1.29, 1.82) is 0 Å². The van der Waals surface area contributed by atoms with Crippen molar-refractivity contribution < 1.29 is 0 Å². The highest BCUT2D eigenvalue weighted by Crippen LogP contribution is 2.33. The lowest BCUT2D eigenvalue weighted by atomic mass is 9.74. The summed E-state index contributed by atoms with van der Waals surface area (Å²) in [6.45, 7) is 12.7. The number of nitrogens with one attached hydrogen (secondary N) is 4. The number of likely N-dealkylation sites (N-methyl/N-ethyl adjacent to an activating group) is 2. The van der Waals surface area contributed by atoms with Crippen molar-refractivity contribution in [3.05, 3.63) is 0 Å². The van der Waals surface area contributed by atoms with E-state index in [1.165, 1.54) is 51.4 Å². The summed E-state index contributed by atoms with van der Waals surface area (Å²) in [5.41, 5.74) is 0.190. The molecule has 0 aliphatic heterocycles. The van der Waals surface area contributed by atoms with Gasteiger partial charge < -0.3 is 21.3 Å². The van der Waals surface area contributed by atoms with Crippen LogP contribution in [0.5, 0.6) is 0 Å². The lowest BCUT2D eigenvalue weighted by Gasteiger charge is -2.45. The first-order chi connectivity index (χ1) is 12.4. The van der Waals surface area contributed by atoms with E-state index in [4.69, 9.17) is 0 Å². The normalized spacial score (nSPS) is 33.6. The summed E-state index contributed by atoms with van der Waals surface area (Å²) in [6.07, 6.45) is 10.7. The summed E-state index contributed by atoms with van der Waals surface area (Å²) >= 11 is 0. The van der Waals surface area contributed by atoms with Gasteiger partial charge in [-0.1, -0.05) is 40.0 Å². The van der Waals surface area contributed by atoms with E-state index in [0.717, 1.165) is 12.5 Å². The van der Waals surface area contributed by atoms with Crippen molar-refractivity contribution in [2.75, 3.05) is 13.6 Å². The van der Waals surface area contributed by atoms with Crippen LogP contribution in [-0.2, 0) is 0 Å². The third-order valence-corrected chi connectivity index (χ3v) is 6.50. The van der Waals surface area contributed by atoms with Gasteiger partial charge in [0, 0.05) is 35.7 Å². The predicted octanol–water partition coefficient (Wildman–Crippen LogP) is 3.42. The summed E-state index contributed by atoms with van der Waals surface area (Å²) in [6, 6.07) is 3.03. The van der Waals surface area contributed by atoms with Crippen LogP contribution in [0.15, 0.2) is 0 Å². The molecule has 0 saturated heterocycles. The molecule has 0 aromatic heterocycles. The number of rotatable bonds is 9. The lowest BCUT2D eigenvalue weighted by molar-refractivity contribution is 0.142. The SMILES string of the molecule is CCN[C@H]1C(CC(C)(C)N[C@H]2CCCC[C@@H]2NC)CCC[C@@H]1NC(C)C. The van der Waals surface area contributed by atoms with Crippen LogP contribution in [0.4, 0.5) is 0 Å². The van der Waals surface area contributed by atoms with E-state index >= 15 is 0 Å². The second-order valence-corrected chi connectivity index (χ2v) is 9.72. The summed E-state index contributed by atoms with van der Waals surface area (Å²) < 4.78 is 0. The van der Waals surface area contributed by atoms with Crippen LogP contribution in [0.2, 0.25) is 0 Å². The summed E-state index contributed by atoms with van der Waals surface area (Å²) in [7, 11) is 2.13. The zero-order valence-corrected chi connectivity index (χ0v) is 18.3. The van der Waals surface area contributed by atoms with E-state index in [1.807, 2.05) is 0 Å². The predicted molar refractivity (Wildman–Crippen MR) is 114 cm³/mol. The molecular weight excluding hydrogens is 320 g/mol. The third kappa shape index (κ3) is 6.47. The van der Waals surface area contributed by atoms with Gasteiger partial charge in [0.1, 0.15) is 0 Å². The van der Waals surface area contributed by atoms with Crippen molar-refractivity contribution >= 4 is 0 Å². The highest BCUT2D eigenvalue weighted by atomic mass is 15.1. The molecule has 1 unspecified atom stereocenters. The number of hydrogen-bond acceptors (Lipinski definition) is 4. The van der Waals surface area contributed by atoms with E-state index in [2.05, 4.69) is 62.9 Å². The Morgan fingerprint density at radius 3 is 2.19 bits per heavy atom. The minimum atomic E-state index is 0.190. The fourth-order valence-electron chi connectivity index (χ4n) is 5.54. The van der Waals surface area contributed by atoms with Gasteiger partial charge in [0.05, 0.1) is 0 Å². The minimum Gasteiger partial charge on any atom is -0.315 e. The van der Waals surface area contributed by atoms with Crippen molar-refractivity contribution in [3.8, 4) is 0 Å². The molecule has 0 heterocycles. The molecule has 0 aromatic carbocycles. The van der Waals surface area contributed by atoms with E-state index in [1.54, 1.807) is 0 Å². The third-order valence-electron chi connectivity index (χ3n) is 6.50. The van der Waals surface area contributed by atoms with Crippen molar-refractivity contribution in [2.45, 2.75) is 122 Å². The van der Waals surface area contributed by atoms with E-state index in [0.29, 0.717) is 30.2 Å². The van der Waals surface area contributed by atoms with Gasteiger partial charge in [-0.3, -0.25) is 0 Å². The van der Waals surface area contributed by atoms with Gasteiger partial charge in [-0.15, -0.1) is 0 Å². The first-order valence-corrected chi connectivity index (χ1v) is 11.3. The van der Waals surface area contributed by atoms with Gasteiger partial charge in [0.2, 0.25) is 0 Å². The van der Waals surface area contributed by atoms with Crippen LogP contribution in [0, 0.1) is 5.92 Å². The summed E-state index contributed by atoms with van der Waals surface area (Å²) in [4.78, 5) is 0. The Hall–Kier alpha value is -0.160. The molecule has 4 N–H and O–H groups in total. The van der Waals surface area contributed by atoms with Crippen LogP contribution >= 0.6 is 0 Å². The second-order valence-electron chi connectivity index (χ2n) is 9.72. The molecule has 2 rings (SSSR count). The average Bonchev–Trinajstić information content (AvgIpc) is 2.57. The summed E-state index contributed by atoms with van der Waals surface area (Å²) in [5, 5.41) is 15.3. The molecule has 154 valence electrons. The standard InChI is InChI=1S/C22H46N4/c1-7-24-21-17(11-10-14-20(21)25-16(2)3)15-22(4,5)26-19-13-9-8-12-18(19)23-6/h16-21,23-26H,7-15H2,1-6H3/t17?,18-,19-,20-,21-/m0/s1. The maximum atomic E-state index is 4.05. The van der Waals surface area contributed by atoms with Crippen LogP contribution in [0.3, 0.4) is 0 Å². The smallest absolute Gasteiger partial charge is 0.0250 e.